The van der Waals surface area contributed by atoms with E-state index in [-0.39, 0.29) is 5.91 Å². The van der Waals surface area contributed by atoms with Crippen molar-refractivity contribution in [1.29, 1.82) is 0 Å². The van der Waals surface area contributed by atoms with Crippen LogP contribution in [0.4, 0.5) is 0 Å². The van der Waals surface area contributed by atoms with Crippen LogP contribution in [0.1, 0.15) is 23.2 Å². The molecule has 1 amide bonds. The van der Waals surface area contributed by atoms with Gasteiger partial charge in [0.1, 0.15) is 0 Å². The van der Waals surface area contributed by atoms with Crippen LogP contribution in [0, 0.1) is 6.92 Å². The molecule has 0 atom stereocenters. The number of hydrogen-bond acceptors (Lipinski definition) is 2. The monoisotopic (exact) mass is 254 g/mol. The fraction of sp³-hybridized carbons (Fsp3) is 0.250. The molecule has 2 aromatic rings. The standard InChI is InChI=1S/C16H18N2O/c1-13-5-7-14(8-6-13)12-18-16(19)10-9-15-4-2-3-11-17-15/h2-8,11H,9-10,12H2,1H3,(H,18,19). The van der Waals surface area contributed by atoms with E-state index in [2.05, 4.69) is 29.4 Å². The maximum atomic E-state index is 11.7. The minimum atomic E-state index is 0.0613. The Labute approximate surface area is 113 Å². The molecule has 2 rings (SSSR count). The molecule has 0 aliphatic heterocycles. The zero-order valence-electron chi connectivity index (χ0n) is 11.1. The second kappa shape index (κ2) is 6.69. The predicted octanol–water partition coefficient (Wildman–Crippen LogP) is 2.64. The topological polar surface area (TPSA) is 42.0 Å². The predicted molar refractivity (Wildman–Crippen MR) is 75.6 cm³/mol. The normalized spacial score (nSPS) is 10.2. The molecule has 0 unspecified atom stereocenters. The lowest BCUT2D eigenvalue weighted by atomic mass is 10.1. The van der Waals surface area contributed by atoms with Crippen molar-refractivity contribution < 1.29 is 4.79 Å². The van der Waals surface area contributed by atoms with Gasteiger partial charge in [0.15, 0.2) is 0 Å². The number of nitrogens with one attached hydrogen (secondary N) is 1. The zero-order chi connectivity index (χ0) is 13.5. The number of aromatic nitrogens is 1. The van der Waals surface area contributed by atoms with Crippen LogP contribution >= 0.6 is 0 Å². The fourth-order valence-corrected chi connectivity index (χ4v) is 1.78. The summed E-state index contributed by atoms with van der Waals surface area (Å²) in [6, 6.07) is 13.9. The van der Waals surface area contributed by atoms with Crippen LogP contribution in [0.5, 0.6) is 0 Å². The molecule has 0 saturated heterocycles. The largest absolute Gasteiger partial charge is 0.352 e. The summed E-state index contributed by atoms with van der Waals surface area (Å²) in [6.45, 7) is 2.64. The number of carbonyl (C=O) groups excluding carboxylic acids is 1. The summed E-state index contributed by atoms with van der Waals surface area (Å²) in [6.07, 6.45) is 2.91. The molecule has 98 valence electrons. The van der Waals surface area contributed by atoms with Crippen LogP contribution < -0.4 is 5.32 Å². The van der Waals surface area contributed by atoms with Crippen LogP contribution in [-0.4, -0.2) is 10.9 Å². The van der Waals surface area contributed by atoms with Crippen LogP contribution in [-0.2, 0) is 17.8 Å². The Hall–Kier alpha value is -2.16. The van der Waals surface area contributed by atoms with Crippen molar-refractivity contribution in [2.24, 2.45) is 0 Å². The van der Waals surface area contributed by atoms with Crippen molar-refractivity contribution in [2.45, 2.75) is 26.3 Å². The molecule has 19 heavy (non-hydrogen) atoms. The molecule has 0 radical (unpaired) electrons. The highest BCUT2D eigenvalue weighted by Gasteiger charge is 2.02. The van der Waals surface area contributed by atoms with E-state index in [0.717, 1.165) is 11.3 Å². The molecule has 3 heteroatoms. The summed E-state index contributed by atoms with van der Waals surface area (Å²) in [4.78, 5) is 15.9. The third-order valence-corrected chi connectivity index (χ3v) is 2.94. The van der Waals surface area contributed by atoms with Gasteiger partial charge in [-0.15, -0.1) is 0 Å². The van der Waals surface area contributed by atoms with E-state index in [1.54, 1.807) is 6.20 Å². The molecular weight excluding hydrogens is 236 g/mol. The molecular formula is C16H18N2O. The van der Waals surface area contributed by atoms with Crippen LogP contribution in [0.2, 0.25) is 0 Å². The molecule has 0 aliphatic rings. The fourth-order valence-electron chi connectivity index (χ4n) is 1.78. The molecule has 0 bridgehead atoms. The number of rotatable bonds is 5. The number of carbonyl (C=O) groups is 1. The van der Waals surface area contributed by atoms with Crippen molar-refractivity contribution in [3.8, 4) is 0 Å². The Bertz CT molecular complexity index is 520. The molecule has 3 nitrogen and oxygen atoms in total. The van der Waals surface area contributed by atoms with E-state index in [1.165, 1.54) is 5.56 Å². The van der Waals surface area contributed by atoms with Crippen LogP contribution in [0.15, 0.2) is 48.7 Å². The molecule has 0 fully saturated rings. The van der Waals surface area contributed by atoms with Gasteiger partial charge in [-0.3, -0.25) is 9.78 Å². The van der Waals surface area contributed by atoms with Crippen molar-refractivity contribution in [2.75, 3.05) is 0 Å². The summed E-state index contributed by atoms with van der Waals surface area (Å²) < 4.78 is 0. The zero-order valence-corrected chi connectivity index (χ0v) is 11.1. The van der Waals surface area contributed by atoms with Crippen LogP contribution in [0.3, 0.4) is 0 Å². The average molecular weight is 254 g/mol. The van der Waals surface area contributed by atoms with Crippen LogP contribution in [0.25, 0.3) is 0 Å². The lowest BCUT2D eigenvalue weighted by Gasteiger charge is -2.05. The Balaban J connectivity index is 1.74. The second-order valence-corrected chi connectivity index (χ2v) is 4.58. The summed E-state index contributed by atoms with van der Waals surface area (Å²) in [7, 11) is 0. The minimum Gasteiger partial charge on any atom is -0.352 e. The van der Waals surface area contributed by atoms with E-state index in [1.807, 2.05) is 30.3 Å². The second-order valence-electron chi connectivity index (χ2n) is 4.58. The summed E-state index contributed by atoms with van der Waals surface area (Å²) >= 11 is 0. The Morgan fingerprint density at radius 2 is 1.95 bits per heavy atom. The lowest BCUT2D eigenvalue weighted by molar-refractivity contribution is -0.121. The third-order valence-electron chi connectivity index (χ3n) is 2.94. The highest BCUT2D eigenvalue weighted by molar-refractivity contribution is 5.76. The van der Waals surface area contributed by atoms with Gasteiger partial charge in [-0.25, -0.2) is 0 Å². The van der Waals surface area contributed by atoms with Gasteiger partial charge in [0.05, 0.1) is 0 Å². The number of benzene rings is 1. The highest BCUT2D eigenvalue weighted by Crippen LogP contribution is 2.03. The summed E-state index contributed by atoms with van der Waals surface area (Å²) in [5, 5.41) is 2.92. The van der Waals surface area contributed by atoms with Gasteiger partial charge in [-0.05, 0) is 31.0 Å². The Kier molecular flexibility index (Phi) is 4.67. The van der Waals surface area contributed by atoms with Gasteiger partial charge in [-0.1, -0.05) is 35.9 Å². The molecule has 1 heterocycles. The molecule has 0 saturated carbocycles. The smallest absolute Gasteiger partial charge is 0.220 e. The van der Waals surface area contributed by atoms with Crippen molar-refractivity contribution in [1.82, 2.24) is 10.3 Å². The quantitative estimate of drug-likeness (QED) is 0.891. The first kappa shape index (κ1) is 13.3. The number of nitrogens with zero attached hydrogens (tertiary/aromatic N) is 1. The number of hydrogen-bond donors (Lipinski definition) is 1. The molecule has 1 aromatic carbocycles. The van der Waals surface area contributed by atoms with Crippen molar-refractivity contribution >= 4 is 5.91 Å². The summed E-state index contributed by atoms with van der Waals surface area (Å²) in [5.74, 6) is 0.0613. The van der Waals surface area contributed by atoms with Gasteiger partial charge < -0.3 is 5.32 Å². The molecule has 1 aromatic heterocycles. The number of amides is 1. The van der Waals surface area contributed by atoms with E-state index in [0.29, 0.717) is 19.4 Å². The van der Waals surface area contributed by atoms with Crippen molar-refractivity contribution in [3.63, 3.8) is 0 Å². The minimum absolute atomic E-state index is 0.0613. The van der Waals surface area contributed by atoms with E-state index >= 15 is 0 Å². The average Bonchev–Trinajstić information content (AvgIpc) is 2.45. The van der Waals surface area contributed by atoms with Gasteiger partial charge in [-0.2, -0.15) is 0 Å². The Morgan fingerprint density at radius 3 is 2.63 bits per heavy atom. The lowest BCUT2D eigenvalue weighted by Crippen LogP contribution is -2.23. The van der Waals surface area contributed by atoms with E-state index in [9.17, 15) is 4.79 Å². The SMILES string of the molecule is Cc1ccc(CNC(=O)CCc2ccccn2)cc1. The number of aryl methyl sites for hydroxylation is 2. The van der Waals surface area contributed by atoms with Gasteiger partial charge in [0.2, 0.25) is 5.91 Å². The molecule has 0 aliphatic carbocycles. The first-order valence-electron chi connectivity index (χ1n) is 6.46. The first-order valence-corrected chi connectivity index (χ1v) is 6.46. The highest BCUT2D eigenvalue weighted by atomic mass is 16.1. The molecule has 1 N–H and O–H groups in total. The van der Waals surface area contributed by atoms with Crippen molar-refractivity contribution in [3.05, 3.63) is 65.5 Å². The third kappa shape index (κ3) is 4.54. The van der Waals surface area contributed by atoms with Gasteiger partial charge in [0, 0.05) is 24.9 Å². The Morgan fingerprint density at radius 1 is 1.16 bits per heavy atom. The maximum Gasteiger partial charge on any atom is 0.220 e. The van der Waals surface area contributed by atoms with Gasteiger partial charge in [0.25, 0.3) is 0 Å². The number of pyridine rings is 1. The van der Waals surface area contributed by atoms with E-state index < -0.39 is 0 Å². The maximum absolute atomic E-state index is 11.7. The van der Waals surface area contributed by atoms with E-state index in [4.69, 9.17) is 0 Å². The molecule has 0 spiro atoms. The van der Waals surface area contributed by atoms with Gasteiger partial charge >= 0.3 is 0 Å². The summed E-state index contributed by atoms with van der Waals surface area (Å²) in [5.41, 5.74) is 3.30. The first-order chi connectivity index (χ1) is 9.24.